The van der Waals surface area contributed by atoms with Crippen LogP contribution in [0.4, 0.5) is 0 Å². The summed E-state index contributed by atoms with van der Waals surface area (Å²) in [7, 11) is -1.15. The van der Waals surface area contributed by atoms with Crippen LogP contribution in [0, 0.1) is 0 Å². The maximum atomic E-state index is 13.0. The number of hydrogen-bond donors (Lipinski definition) is 0. The molecule has 0 unspecified atom stereocenters. The van der Waals surface area contributed by atoms with Gasteiger partial charge in [0.1, 0.15) is 0 Å². The van der Waals surface area contributed by atoms with Crippen LogP contribution in [-0.2, 0) is 32.7 Å². The Morgan fingerprint density at radius 3 is 1.69 bits per heavy atom. The van der Waals surface area contributed by atoms with Gasteiger partial charge in [0.2, 0.25) is 0 Å². The van der Waals surface area contributed by atoms with Gasteiger partial charge in [-0.3, -0.25) is 4.57 Å². The molecule has 1 rings (SSSR count). The molecule has 1 aromatic carbocycles. The summed E-state index contributed by atoms with van der Waals surface area (Å²) in [6, 6.07) is 4.99. The van der Waals surface area contributed by atoms with Gasteiger partial charge in [0, 0.05) is 26.4 Å². The highest BCUT2D eigenvalue weighted by Crippen LogP contribution is 2.47. The normalized spacial score (nSPS) is 11.8. The minimum Gasteiger partial charge on any atom is -0.463 e. The van der Waals surface area contributed by atoms with E-state index in [1.165, 1.54) is 38.5 Å². The first-order valence-corrected chi connectivity index (χ1v) is 9.50. The Kier molecular flexibility index (Phi) is 8.99. The lowest BCUT2D eigenvalue weighted by molar-refractivity contribution is -0.138. The SMILES string of the molecule is CCOC(=O)/C=C/c1cccc(/C=C/C(=O)OCC)c1P(=O)(OC)OC. The summed E-state index contributed by atoms with van der Waals surface area (Å²) in [5, 5.41) is 0.228. The summed E-state index contributed by atoms with van der Waals surface area (Å²) in [5.41, 5.74) is 0.882. The number of carbonyl (C=O) groups is 2. The van der Waals surface area contributed by atoms with E-state index in [2.05, 4.69) is 0 Å². The lowest BCUT2D eigenvalue weighted by atomic mass is 10.1. The van der Waals surface area contributed by atoms with Crippen molar-refractivity contribution >= 4 is 37.0 Å². The zero-order valence-corrected chi connectivity index (χ0v) is 16.2. The molecule has 0 aliphatic carbocycles. The number of benzene rings is 1. The third kappa shape index (κ3) is 5.95. The van der Waals surface area contributed by atoms with Crippen molar-refractivity contribution in [3.05, 3.63) is 41.5 Å². The lowest BCUT2D eigenvalue weighted by Gasteiger charge is -2.18. The summed E-state index contributed by atoms with van der Waals surface area (Å²) in [6.07, 6.45) is 5.35. The molecular formula is C18H23O7P. The van der Waals surface area contributed by atoms with Crippen LogP contribution in [0.5, 0.6) is 0 Å². The first kappa shape index (κ1) is 21.8. The van der Waals surface area contributed by atoms with E-state index in [0.29, 0.717) is 11.1 Å². The fourth-order valence-electron chi connectivity index (χ4n) is 2.12. The van der Waals surface area contributed by atoms with Crippen molar-refractivity contribution in [1.29, 1.82) is 0 Å². The molecule has 26 heavy (non-hydrogen) atoms. The Balaban J connectivity index is 3.42. The van der Waals surface area contributed by atoms with Crippen molar-refractivity contribution in [1.82, 2.24) is 0 Å². The molecule has 8 heteroatoms. The van der Waals surface area contributed by atoms with E-state index in [4.69, 9.17) is 18.5 Å². The van der Waals surface area contributed by atoms with Gasteiger partial charge in [0.05, 0.1) is 18.5 Å². The molecule has 0 saturated heterocycles. The summed E-state index contributed by atoms with van der Waals surface area (Å²) in [6.45, 7) is 3.88. The number of carbonyl (C=O) groups excluding carboxylic acids is 2. The molecular weight excluding hydrogens is 359 g/mol. The topological polar surface area (TPSA) is 88.1 Å². The van der Waals surface area contributed by atoms with Gasteiger partial charge in [-0.2, -0.15) is 0 Å². The largest absolute Gasteiger partial charge is 0.463 e. The number of hydrogen-bond acceptors (Lipinski definition) is 7. The Labute approximate surface area is 153 Å². The number of esters is 2. The first-order chi connectivity index (χ1) is 12.4. The highest BCUT2D eigenvalue weighted by atomic mass is 31.2. The Hall–Kier alpha value is -2.21. The van der Waals surface area contributed by atoms with E-state index in [1.807, 2.05) is 0 Å². The average Bonchev–Trinajstić information content (AvgIpc) is 2.64. The molecule has 0 spiro atoms. The highest BCUT2D eigenvalue weighted by Gasteiger charge is 2.29. The molecule has 7 nitrogen and oxygen atoms in total. The van der Waals surface area contributed by atoms with Gasteiger partial charge in [-0.05, 0) is 37.1 Å². The van der Waals surface area contributed by atoms with Crippen molar-refractivity contribution in [2.75, 3.05) is 27.4 Å². The van der Waals surface area contributed by atoms with E-state index in [-0.39, 0.29) is 18.5 Å². The van der Waals surface area contributed by atoms with Crippen LogP contribution in [0.3, 0.4) is 0 Å². The molecule has 0 saturated carbocycles. The van der Waals surface area contributed by atoms with Crippen LogP contribution >= 0.6 is 7.60 Å². The van der Waals surface area contributed by atoms with E-state index < -0.39 is 19.5 Å². The van der Waals surface area contributed by atoms with E-state index in [9.17, 15) is 14.2 Å². The molecule has 0 atom stereocenters. The second kappa shape index (κ2) is 10.7. The van der Waals surface area contributed by atoms with Crippen LogP contribution < -0.4 is 5.30 Å². The van der Waals surface area contributed by atoms with Crippen molar-refractivity contribution in [3.63, 3.8) is 0 Å². The molecule has 142 valence electrons. The van der Waals surface area contributed by atoms with Crippen molar-refractivity contribution in [2.24, 2.45) is 0 Å². The van der Waals surface area contributed by atoms with Gasteiger partial charge in [-0.15, -0.1) is 0 Å². The fraction of sp³-hybridized carbons (Fsp3) is 0.333. The fourth-order valence-corrected chi connectivity index (χ4v) is 3.56. The van der Waals surface area contributed by atoms with Gasteiger partial charge in [-0.1, -0.05) is 18.2 Å². The minimum atomic E-state index is -3.67. The second-order valence-corrected chi connectivity index (χ2v) is 6.99. The monoisotopic (exact) mass is 382 g/mol. The van der Waals surface area contributed by atoms with Gasteiger partial charge in [0.15, 0.2) is 0 Å². The Morgan fingerprint density at radius 2 is 1.35 bits per heavy atom. The third-order valence-electron chi connectivity index (χ3n) is 3.22. The molecule has 0 aliphatic rings. The predicted molar refractivity (Wildman–Crippen MR) is 99.0 cm³/mol. The van der Waals surface area contributed by atoms with Crippen LogP contribution in [0.1, 0.15) is 25.0 Å². The van der Waals surface area contributed by atoms with Gasteiger partial charge < -0.3 is 18.5 Å². The Morgan fingerprint density at radius 1 is 0.923 bits per heavy atom. The number of rotatable bonds is 9. The van der Waals surface area contributed by atoms with Gasteiger partial charge in [0.25, 0.3) is 0 Å². The second-order valence-electron chi connectivity index (χ2n) is 4.82. The predicted octanol–water partition coefficient (Wildman–Crippen LogP) is 2.95. The van der Waals surface area contributed by atoms with E-state index in [0.717, 1.165) is 0 Å². The van der Waals surface area contributed by atoms with Crippen LogP contribution in [-0.4, -0.2) is 39.4 Å². The molecule has 1 aromatic rings. The zero-order chi connectivity index (χ0) is 19.6. The standard InChI is InChI=1S/C18H23O7P/c1-5-24-16(19)12-10-14-8-7-9-15(11-13-17(20)25-6-2)18(14)26(21,22-3)23-4/h7-13H,5-6H2,1-4H3/b12-10+,13-11+. The maximum absolute atomic E-state index is 13.0. The van der Waals surface area contributed by atoms with Gasteiger partial charge >= 0.3 is 19.5 Å². The molecule has 0 fully saturated rings. The van der Waals surface area contributed by atoms with Crippen LogP contribution in [0.25, 0.3) is 12.2 Å². The molecule has 0 bridgehead atoms. The Bertz CT molecular complexity index is 683. The van der Waals surface area contributed by atoms with Crippen molar-refractivity contribution in [2.45, 2.75) is 13.8 Å². The molecule has 0 N–H and O–H groups in total. The van der Waals surface area contributed by atoms with Gasteiger partial charge in [-0.25, -0.2) is 9.59 Å². The third-order valence-corrected chi connectivity index (χ3v) is 5.25. The minimum absolute atomic E-state index is 0.228. The first-order valence-electron chi connectivity index (χ1n) is 7.96. The zero-order valence-electron chi connectivity index (χ0n) is 15.3. The van der Waals surface area contributed by atoms with E-state index >= 15 is 0 Å². The summed E-state index contributed by atoms with van der Waals surface area (Å²) in [5.74, 6) is -1.06. The molecule has 0 aromatic heterocycles. The smallest absolute Gasteiger partial charge is 0.362 e. The summed E-state index contributed by atoms with van der Waals surface area (Å²) < 4.78 is 32.9. The summed E-state index contributed by atoms with van der Waals surface area (Å²) >= 11 is 0. The molecule has 0 heterocycles. The maximum Gasteiger partial charge on any atom is 0.362 e. The molecule has 0 amide bonds. The van der Waals surface area contributed by atoms with Crippen molar-refractivity contribution in [3.8, 4) is 0 Å². The quantitative estimate of drug-likeness (QED) is 0.369. The van der Waals surface area contributed by atoms with Crippen LogP contribution in [0.15, 0.2) is 30.4 Å². The highest BCUT2D eigenvalue weighted by molar-refractivity contribution is 7.62. The molecule has 0 radical (unpaired) electrons. The van der Waals surface area contributed by atoms with Crippen molar-refractivity contribution < 1.29 is 32.7 Å². The summed E-state index contributed by atoms with van der Waals surface area (Å²) in [4.78, 5) is 23.1. The van der Waals surface area contributed by atoms with E-state index in [1.54, 1.807) is 32.0 Å². The van der Waals surface area contributed by atoms with Crippen LogP contribution in [0.2, 0.25) is 0 Å². The lowest BCUT2D eigenvalue weighted by Crippen LogP contribution is -2.15. The average molecular weight is 382 g/mol. The number of ether oxygens (including phenoxy) is 2. The molecule has 0 aliphatic heterocycles.